The summed E-state index contributed by atoms with van der Waals surface area (Å²) in [7, 11) is 1.40. The van der Waals surface area contributed by atoms with Crippen molar-refractivity contribution in [3.63, 3.8) is 0 Å². The lowest BCUT2D eigenvalue weighted by Gasteiger charge is -2.08. The molecule has 0 fully saturated rings. The van der Waals surface area contributed by atoms with Crippen molar-refractivity contribution in [1.29, 1.82) is 0 Å². The van der Waals surface area contributed by atoms with E-state index in [2.05, 4.69) is 32.6 Å². The molecule has 0 aliphatic rings. The molecule has 1 unspecified atom stereocenters. The van der Waals surface area contributed by atoms with Crippen LogP contribution in [0.3, 0.4) is 0 Å². The van der Waals surface area contributed by atoms with Crippen LogP contribution >= 0.6 is 15.9 Å². The average Bonchev–Trinajstić information content (AvgIpc) is 2.90. The van der Waals surface area contributed by atoms with E-state index in [4.69, 9.17) is 0 Å². The third-order valence-corrected chi connectivity index (χ3v) is 3.21. The first-order valence-corrected chi connectivity index (χ1v) is 6.76. The lowest BCUT2D eigenvalue weighted by Crippen LogP contribution is -2.10. The Kier molecular flexibility index (Phi) is 6.36. The molecule has 1 aromatic carbocycles. The molecule has 0 saturated carbocycles. The maximum Gasteiger partial charge on any atom is 0.312 e. The van der Waals surface area contributed by atoms with E-state index < -0.39 is 0 Å². The number of aryl methyl sites for hydroxylation is 1. The Labute approximate surface area is 122 Å². The van der Waals surface area contributed by atoms with Crippen LogP contribution in [0.5, 0.6) is 0 Å². The molecule has 0 amide bonds. The van der Waals surface area contributed by atoms with Crippen LogP contribution in [0.1, 0.15) is 24.0 Å². The zero-order chi connectivity index (χ0) is 14.3. The van der Waals surface area contributed by atoms with Gasteiger partial charge in [-0.05, 0) is 43.2 Å². The second kappa shape index (κ2) is 7.79. The number of carbonyl (C=O) groups excluding carboxylic acids is 1. The predicted octanol–water partition coefficient (Wildman–Crippen LogP) is 4.05. The van der Waals surface area contributed by atoms with Gasteiger partial charge in [0.05, 0.1) is 13.0 Å². The lowest BCUT2D eigenvalue weighted by molar-refractivity contribution is -0.141. The molecule has 102 valence electrons. The fraction of sp³-hybridized carbons (Fsp3) is 0.267. The number of ether oxygens (including phenoxy) is 1. The molecular formula is C15H18BrNO2. The summed E-state index contributed by atoms with van der Waals surface area (Å²) in [5, 5.41) is 0. The first-order chi connectivity index (χ1) is 9.04. The maximum atomic E-state index is 11.2. The van der Waals surface area contributed by atoms with Crippen LogP contribution in [-0.2, 0) is 9.53 Å². The van der Waals surface area contributed by atoms with E-state index in [0.717, 1.165) is 10.0 Å². The summed E-state index contributed by atoms with van der Waals surface area (Å²) in [6, 6.07) is 9.67. The van der Waals surface area contributed by atoms with Crippen molar-refractivity contribution in [1.82, 2.24) is 4.98 Å². The molecule has 0 radical (unpaired) electrons. The molecule has 2 rings (SSSR count). The Morgan fingerprint density at radius 3 is 2.26 bits per heavy atom. The monoisotopic (exact) mass is 323 g/mol. The summed E-state index contributed by atoms with van der Waals surface area (Å²) >= 11 is 3.33. The zero-order valence-electron chi connectivity index (χ0n) is 11.3. The molecule has 19 heavy (non-hydrogen) atoms. The molecule has 0 bridgehead atoms. The van der Waals surface area contributed by atoms with E-state index in [1.807, 2.05) is 49.6 Å². The van der Waals surface area contributed by atoms with Crippen LogP contribution in [-0.4, -0.2) is 18.1 Å². The first-order valence-electron chi connectivity index (χ1n) is 5.97. The smallest absolute Gasteiger partial charge is 0.312 e. The number of benzene rings is 1. The Morgan fingerprint density at radius 2 is 1.89 bits per heavy atom. The molecule has 0 saturated heterocycles. The number of carbonyl (C=O) groups is 1. The van der Waals surface area contributed by atoms with Gasteiger partial charge in [-0.1, -0.05) is 28.1 Å². The fourth-order valence-corrected chi connectivity index (χ4v) is 1.74. The van der Waals surface area contributed by atoms with E-state index >= 15 is 0 Å². The van der Waals surface area contributed by atoms with Gasteiger partial charge in [0.15, 0.2) is 0 Å². The number of aromatic amines is 1. The summed E-state index contributed by atoms with van der Waals surface area (Å²) in [5.74, 6) is -0.402. The van der Waals surface area contributed by atoms with Crippen molar-refractivity contribution < 1.29 is 9.53 Å². The van der Waals surface area contributed by atoms with Crippen LogP contribution in [0, 0.1) is 6.92 Å². The molecule has 1 N–H and O–H groups in total. The van der Waals surface area contributed by atoms with Gasteiger partial charge in [0, 0.05) is 16.9 Å². The van der Waals surface area contributed by atoms with Crippen LogP contribution < -0.4 is 0 Å². The summed E-state index contributed by atoms with van der Waals surface area (Å²) in [5.41, 5.74) is 2.25. The van der Waals surface area contributed by atoms with Gasteiger partial charge in [0.2, 0.25) is 0 Å². The minimum Gasteiger partial charge on any atom is -0.469 e. The van der Waals surface area contributed by atoms with Crippen LogP contribution in [0.4, 0.5) is 0 Å². The number of nitrogens with one attached hydrogen (secondary N) is 1. The Morgan fingerprint density at radius 1 is 1.26 bits per heavy atom. The molecule has 3 nitrogen and oxygen atoms in total. The summed E-state index contributed by atoms with van der Waals surface area (Å²) in [6.45, 7) is 3.88. The van der Waals surface area contributed by atoms with E-state index in [-0.39, 0.29) is 11.9 Å². The molecule has 0 spiro atoms. The summed E-state index contributed by atoms with van der Waals surface area (Å²) in [6.07, 6.45) is 3.87. The second-order valence-electron chi connectivity index (χ2n) is 4.18. The Hall–Kier alpha value is -1.55. The quantitative estimate of drug-likeness (QED) is 0.847. The second-order valence-corrected chi connectivity index (χ2v) is 5.10. The topological polar surface area (TPSA) is 42.1 Å². The van der Waals surface area contributed by atoms with Crippen molar-refractivity contribution in [2.45, 2.75) is 19.8 Å². The normalized spacial score (nSPS) is 11.2. The van der Waals surface area contributed by atoms with Gasteiger partial charge < -0.3 is 9.72 Å². The number of hydrogen-bond acceptors (Lipinski definition) is 2. The largest absolute Gasteiger partial charge is 0.469 e. The van der Waals surface area contributed by atoms with Crippen molar-refractivity contribution in [3.05, 3.63) is 58.3 Å². The highest BCUT2D eigenvalue weighted by Gasteiger charge is 2.14. The SMILES string of the molecule is COC(=O)C(C)c1ccc(Br)cc1.Cc1cc[nH]c1. The number of esters is 1. The van der Waals surface area contributed by atoms with Crippen molar-refractivity contribution in [3.8, 4) is 0 Å². The van der Waals surface area contributed by atoms with E-state index in [1.54, 1.807) is 0 Å². The van der Waals surface area contributed by atoms with E-state index in [0.29, 0.717) is 0 Å². The van der Waals surface area contributed by atoms with Gasteiger partial charge in [0.1, 0.15) is 0 Å². The highest BCUT2D eigenvalue weighted by molar-refractivity contribution is 9.10. The van der Waals surface area contributed by atoms with Crippen molar-refractivity contribution in [2.75, 3.05) is 7.11 Å². The predicted molar refractivity (Wildman–Crippen MR) is 80.1 cm³/mol. The molecule has 4 heteroatoms. The van der Waals surface area contributed by atoms with Gasteiger partial charge >= 0.3 is 5.97 Å². The Balaban J connectivity index is 0.000000250. The molecule has 1 atom stereocenters. The standard InChI is InChI=1S/C10H11BrO2.C5H7N/c1-7(10(12)13-2)8-3-5-9(11)6-4-8;1-5-2-3-6-4-5/h3-7H,1-2H3;2-4,6H,1H3. The highest BCUT2D eigenvalue weighted by Crippen LogP contribution is 2.19. The summed E-state index contributed by atoms with van der Waals surface area (Å²) < 4.78 is 5.65. The number of methoxy groups -OCH3 is 1. The van der Waals surface area contributed by atoms with Gasteiger partial charge in [-0.2, -0.15) is 0 Å². The number of aromatic nitrogens is 1. The third-order valence-electron chi connectivity index (χ3n) is 2.68. The highest BCUT2D eigenvalue weighted by atomic mass is 79.9. The van der Waals surface area contributed by atoms with Gasteiger partial charge in [-0.15, -0.1) is 0 Å². The van der Waals surface area contributed by atoms with Crippen molar-refractivity contribution in [2.24, 2.45) is 0 Å². The third kappa shape index (κ3) is 5.30. The van der Waals surface area contributed by atoms with Crippen molar-refractivity contribution >= 4 is 21.9 Å². The molecule has 0 aliphatic carbocycles. The zero-order valence-corrected chi connectivity index (χ0v) is 12.9. The number of rotatable bonds is 2. The number of halogens is 1. The molecule has 1 aromatic heterocycles. The maximum absolute atomic E-state index is 11.2. The minimum atomic E-state index is -0.206. The van der Waals surface area contributed by atoms with E-state index in [9.17, 15) is 4.79 Å². The minimum absolute atomic E-state index is 0.196. The molecular weight excluding hydrogens is 306 g/mol. The van der Waals surface area contributed by atoms with Crippen LogP contribution in [0.15, 0.2) is 47.2 Å². The Bertz CT molecular complexity index is 491. The van der Waals surface area contributed by atoms with Gasteiger partial charge in [-0.25, -0.2) is 0 Å². The first kappa shape index (κ1) is 15.5. The van der Waals surface area contributed by atoms with Gasteiger partial charge in [-0.3, -0.25) is 4.79 Å². The molecule has 1 heterocycles. The van der Waals surface area contributed by atoms with Crippen LogP contribution in [0.2, 0.25) is 0 Å². The van der Waals surface area contributed by atoms with Gasteiger partial charge in [0.25, 0.3) is 0 Å². The number of hydrogen-bond donors (Lipinski definition) is 1. The summed E-state index contributed by atoms with van der Waals surface area (Å²) in [4.78, 5) is 14.1. The lowest BCUT2D eigenvalue weighted by atomic mass is 10.0. The molecule has 0 aliphatic heterocycles. The van der Waals surface area contributed by atoms with Crippen LogP contribution in [0.25, 0.3) is 0 Å². The van der Waals surface area contributed by atoms with E-state index in [1.165, 1.54) is 12.7 Å². The average molecular weight is 324 g/mol. The molecule has 2 aromatic rings. The fourth-order valence-electron chi connectivity index (χ4n) is 1.47. The number of H-pyrrole nitrogens is 1.